The lowest BCUT2D eigenvalue weighted by Gasteiger charge is -2.36. The van der Waals surface area contributed by atoms with Crippen LogP contribution in [0.5, 0.6) is 0 Å². The van der Waals surface area contributed by atoms with Crippen LogP contribution in [0.15, 0.2) is 247 Å². The van der Waals surface area contributed by atoms with Crippen LogP contribution in [0.3, 0.4) is 0 Å². The molecular formula is C64H46BrN. The van der Waals surface area contributed by atoms with Crippen LogP contribution in [0.2, 0.25) is 0 Å². The first-order chi connectivity index (χ1) is 32.4. The van der Waals surface area contributed by atoms with Crippen LogP contribution in [-0.2, 0) is 10.8 Å². The predicted molar refractivity (Wildman–Crippen MR) is 280 cm³/mol. The van der Waals surface area contributed by atoms with Crippen molar-refractivity contribution in [2.75, 3.05) is 4.90 Å². The van der Waals surface area contributed by atoms with Gasteiger partial charge in [-0.15, -0.1) is 0 Å². The van der Waals surface area contributed by atoms with Gasteiger partial charge in [-0.1, -0.05) is 218 Å². The quantitative estimate of drug-likeness (QED) is 0.147. The molecule has 0 N–H and O–H groups in total. The summed E-state index contributed by atoms with van der Waals surface area (Å²) in [5, 5.41) is 0. The van der Waals surface area contributed by atoms with Crippen molar-refractivity contribution in [1.82, 2.24) is 0 Å². The predicted octanol–water partition coefficient (Wildman–Crippen LogP) is 17.6. The second kappa shape index (κ2) is 15.9. The van der Waals surface area contributed by atoms with Gasteiger partial charge in [-0.05, 0) is 144 Å². The van der Waals surface area contributed by atoms with Crippen LogP contribution in [-0.4, -0.2) is 0 Å². The minimum absolute atomic E-state index is 0.134. The van der Waals surface area contributed by atoms with Crippen LogP contribution in [0.4, 0.5) is 17.1 Å². The lowest BCUT2D eigenvalue weighted by atomic mass is 9.67. The van der Waals surface area contributed by atoms with Crippen molar-refractivity contribution in [2.45, 2.75) is 24.7 Å². The van der Waals surface area contributed by atoms with Crippen molar-refractivity contribution >= 4 is 33.0 Å². The van der Waals surface area contributed by atoms with Crippen LogP contribution in [0.25, 0.3) is 55.6 Å². The van der Waals surface area contributed by atoms with E-state index in [0.29, 0.717) is 0 Å². The maximum absolute atomic E-state index is 4.13. The van der Waals surface area contributed by atoms with Gasteiger partial charge in [0.2, 0.25) is 0 Å². The van der Waals surface area contributed by atoms with Gasteiger partial charge in [0.05, 0.1) is 5.41 Å². The first-order valence-corrected chi connectivity index (χ1v) is 23.6. The number of anilines is 3. The highest BCUT2D eigenvalue weighted by atomic mass is 79.9. The van der Waals surface area contributed by atoms with E-state index in [4.69, 9.17) is 0 Å². The van der Waals surface area contributed by atoms with Crippen molar-refractivity contribution in [3.05, 3.63) is 281 Å². The maximum Gasteiger partial charge on any atom is 0.0724 e. The average Bonchev–Trinajstić information content (AvgIpc) is 3.79. The van der Waals surface area contributed by atoms with Crippen molar-refractivity contribution in [2.24, 2.45) is 0 Å². The summed E-state index contributed by atoms with van der Waals surface area (Å²) in [4.78, 5) is 2.43. The smallest absolute Gasteiger partial charge is 0.0724 e. The van der Waals surface area contributed by atoms with Crippen molar-refractivity contribution in [1.29, 1.82) is 0 Å². The van der Waals surface area contributed by atoms with Crippen LogP contribution in [0.1, 0.15) is 47.2 Å². The van der Waals surface area contributed by atoms with Crippen LogP contribution >= 0.6 is 15.9 Å². The molecule has 66 heavy (non-hydrogen) atoms. The van der Waals surface area contributed by atoms with E-state index in [1.54, 1.807) is 0 Å². The highest BCUT2D eigenvalue weighted by Gasteiger charge is 2.47. The van der Waals surface area contributed by atoms with Crippen molar-refractivity contribution in [3.8, 4) is 55.6 Å². The first-order valence-electron chi connectivity index (χ1n) is 22.9. The third-order valence-electron chi connectivity index (χ3n) is 14.2. The van der Waals surface area contributed by atoms with E-state index in [9.17, 15) is 0 Å². The molecule has 0 heterocycles. The van der Waals surface area contributed by atoms with Crippen molar-refractivity contribution in [3.63, 3.8) is 0 Å². The van der Waals surface area contributed by atoms with Gasteiger partial charge in [0.15, 0.2) is 0 Å². The Kier molecular flexibility index (Phi) is 9.63. The van der Waals surface area contributed by atoms with E-state index in [-0.39, 0.29) is 5.41 Å². The molecule has 0 fully saturated rings. The SMILES string of the molecule is CC1(C)c2ccccc2-c2ccc(N(c3ccc(-c4ccccc4)cc3)c3ccc(C4(c5ccccc5Br)c5cc(-c6ccccc6)ccc5-c5ccc(-c6ccccc6)cc54)cc3)cc21. The molecule has 0 unspecified atom stereocenters. The highest BCUT2D eigenvalue weighted by molar-refractivity contribution is 9.10. The summed E-state index contributed by atoms with van der Waals surface area (Å²) < 4.78 is 1.07. The molecule has 0 saturated carbocycles. The summed E-state index contributed by atoms with van der Waals surface area (Å²) >= 11 is 4.13. The largest absolute Gasteiger partial charge is 0.310 e. The van der Waals surface area contributed by atoms with E-state index in [1.165, 1.54) is 89.0 Å². The lowest BCUT2D eigenvalue weighted by Crippen LogP contribution is -2.29. The molecule has 12 rings (SSSR count). The molecule has 10 aromatic rings. The lowest BCUT2D eigenvalue weighted by molar-refractivity contribution is 0.660. The molecule has 2 heteroatoms. The summed E-state index contributed by atoms with van der Waals surface area (Å²) in [5.74, 6) is 0. The number of nitrogens with zero attached hydrogens (tertiary/aromatic N) is 1. The maximum atomic E-state index is 4.13. The van der Waals surface area contributed by atoms with E-state index in [0.717, 1.165) is 21.5 Å². The molecule has 0 spiro atoms. The van der Waals surface area contributed by atoms with Gasteiger partial charge >= 0.3 is 0 Å². The van der Waals surface area contributed by atoms with Gasteiger partial charge in [-0.3, -0.25) is 0 Å². The normalized spacial score (nSPS) is 13.6. The van der Waals surface area contributed by atoms with Gasteiger partial charge in [-0.2, -0.15) is 0 Å². The Labute approximate surface area is 396 Å². The molecule has 314 valence electrons. The van der Waals surface area contributed by atoms with Gasteiger partial charge in [0.1, 0.15) is 0 Å². The second-order valence-corrected chi connectivity index (χ2v) is 19.0. The molecule has 0 aliphatic heterocycles. The Hall–Kier alpha value is -7.52. The number of halogens is 1. The van der Waals surface area contributed by atoms with Gasteiger partial charge in [0, 0.05) is 26.9 Å². The fourth-order valence-corrected chi connectivity index (χ4v) is 11.6. The molecule has 0 amide bonds. The van der Waals surface area contributed by atoms with E-state index < -0.39 is 5.41 Å². The Morgan fingerprint density at radius 2 is 0.697 bits per heavy atom. The molecule has 2 aliphatic rings. The average molecular weight is 909 g/mol. The Morgan fingerprint density at radius 1 is 0.303 bits per heavy atom. The van der Waals surface area contributed by atoms with Crippen LogP contribution < -0.4 is 4.90 Å². The minimum Gasteiger partial charge on any atom is -0.310 e. The summed E-state index contributed by atoms with van der Waals surface area (Å²) in [6.45, 7) is 4.72. The van der Waals surface area contributed by atoms with Gasteiger partial charge < -0.3 is 4.90 Å². The van der Waals surface area contributed by atoms with E-state index >= 15 is 0 Å². The first kappa shape index (κ1) is 40.0. The molecule has 0 bridgehead atoms. The third kappa shape index (κ3) is 6.35. The zero-order valence-electron chi connectivity index (χ0n) is 36.9. The number of hydrogen-bond donors (Lipinski definition) is 0. The highest BCUT2D eigenvalue weighted by Crippen LogP contribution is 2.59. The van der Waals surface area contributed by atoms with Crippen molar-refractivity contribution < 1.29 is 0 Å². The molecule has 0 radical (unpaired) electrons. The second-order valence-electron chi connectivity index (χ2n) is 18.2. The van der Waals surface area contributed by atoms with Gasteiger partial charge in [0.25, 0.3) is 0 Å². The molecule has 0 saturated heterocycles. The Morgan fingerprint density at radius 3 is 1.26 bits per heavy atom. The number of rotatable bonds is 8. The monoisotopic (exact) mass is 907 g/mol. The van der Waals surface area contributed by atoms with E-state index in [1.807, 2.05) is 0 Å². The fraction of sp³-hybridized carbons (Fsp3) is 0.0625. The molecule has 2 aliphatic carbocycles. The van der Waals surface area contributed by atoms with E-state index in [2.05, 4.69) is 277 Å². The number of hydrogen-bond acceptors (Lipinski definition) is 1. The fourth-order valence-electron chi connectivity index (χ4n) is 11.0. The molecule has 1 nitrogen and oxygen atoms in total. The zero-order chi connectivity index (χ0) is 44.4. The standard InChI is InChI=1S/C64H46BrN/c1-63(2)57-23-13-12-22-53(57)54-39-36-52(42-59(54)63)66(50-32-26-46(27-33-50)43-16-6-3-7-17-43)51-34-30-49(31-35-51)64(58-24-14-15-25-62(58)65)60-40-47(44-18-8-4-9-19-44)28-37-55(60)56-38-29-48(41-61(56)64)45-20-10-5-11-21-45/h3-42H,1-2H3. The summed E-state index contributed by atoms with van der Waals surface area (Å²) in [7, 11) is 0. The summed E-state index contributed by atoms with van der Waals surface area (Å²) in [6.07, 6.45) is 0. The summed E-state index contributed by atoms with van der Waals surface area (Å²) in [5.41, 5.74) is 22.6. The zero-order valence-corrected chi connectivity index (χ0v) is 38.5. The number of benzene rings is 10. The molecule has 0 atom stereocenters. The molecule has 10 aromatic carbocycles. The molecule has 0 aromatic heterocycles. The number of fused-ring (bicyclic) bond motifs is 6. The minimum atomic E-state index is -0.648. The third-order valence-corrected chi connectivity index (χ3v) is 14.9. The Bertz CT molecular complexity index is 3340. The van der Waals surface area contributed by atoms with Gasteiger partial charge in [-0.25, -0.2) is 0 Å². The molecular weight excluding hydrogens is 863 g/mol. The summed E-state index contributed by atoms with van der Waals surface area (Å²) in [6, 6.07) is 89.6. The topological polar surface area (TPSA) is 3.24 Å². The Balaban J connectivity index is 1.07. The van der Waals surface area contributed by atoms with Crippen LogP contribution in [0, 0.1) is 0 Å².